The normalized spacial score (nSPS) is 12.1. The van der Waals surface area contributed by atoms with Gasteiger partial charge in [-0.1, -0.05) is 44.2 Å². The minimum Gasteiger partial charge on any atom is -0.343 e. The van der Waals surface area contributed by atoms with E-state index >= 15 is 0 Å². The molecule has 26 heavy (non-hydrogen) atoms. The molecule has 0 saturated heterocycles. The Hall–Kier alpha value is -2.60. The van der Waals surface area contributed by atoms with E-state index in [1.54, 1.807) is 22.8 Å². The summed E-state index contributed by atoms with van der Waals surface area (Å²) in [6.45, 7) is 4.83. The molecule has 0 bridgehead atoms. The first-order chi connectivity index (χ1) is 12.6. The Morgan fingerprint density at radius 3 is 2.46 bits per heavy atom. The van der Waals surface area contributed by atoms with Crippen molar-refractivity contribution in [3.63, 3.8) is 0 Å². The van der Waals surface area contributed by atoms with E-state index < -0.39 is 0 Å². The highest BCUT2D eigenvalue weighted by molar-refractivity contribution is 7.99. The maximum atomic E-state index is 12.7. The molecule has 0 saturated carbocycles. The van der Waals surface area contributed by atoms with Gasteiger partial charge < -0.3 is 5.32 Å². The number of rotatable bonds is 7. The fourth-order valence-electron chi connectivity index (χ4n) is 2.63. The number of thioether (sulfide) groups is 1. The van der Waals surface area contributed by atoms with Gasteiger partial charge in [-0.15, -0.1) is 11.8 Å². The van der Waals surface area contributed by atoms with E-state index in [1.165, 1.54) is 11.2 Å². The van der Waals surface area contributed by atoms with Crippen LogP contribution in [0.4, 0.5) is 0 Å². The van der Waals surface area contributed by atoms with Crippen LogP contribution in [0.15, 0.2) is 72.1 Å². The third-order valence-corrected chi connectivity index (χ3v) is 4.85. The number of benzene rings is 2. The van der Waals surface area contributed by atoms with Gasteiger partial charge in [0.05, 0.1) is 12.6 Å². The molecule has 0 fully saturated rings. The second-order valence-electron chi connectivity index (χ2n) is 6.25. The van der Waals surface area contributed by atoms with Crippen molar-refractivity contribution >= 4 is 17.7 Å². The summed E-state index contributed by atoms with van der Waals surface area (Å²) in [5.74, 6) is -0.0972. The summed E-state index contributed by atoms with van der Waals surface area (Å²) in [6, 6.07) is 17.5. The molecule has 3 rings (SSSR count). The van der Waals surface area contributed by atoms with Crippen LogP contribution in [-0.4, -0.2) is 25.9 Å². The van der Waals surface area contributed by atoms with E-state index in [4.69, 9.17) is 0 Å². The number of hydrogen-bond donors (Lipinski definition) is 1. The van der Waals surface area contributed by atoms with Crippen LogP contribution in [0.3, 0.4) is 0 Å². The lowest BCUT2D eigenvalue weighted by Gasteiger charge is -2.19. The standard InChI is InChI=1S/C20H22N4OS/c1-15(2)26-18-10-8-17(9-11-18)20(25)23-19(12-24-14-21-13-22-24)16-6-4-3-5-7-16/h3-11,13-15,19H,12H2,1-2H3,(H,23,25). The molecule has 0 aliphatic rings. The zero-order valence-corrected chi connectivity index (χ0v) is 15.7. The monoisotopic (exact) mass is 366 g/mol. The molecule has 3 aromatic rings. The quantitative estimate of drug-likeness (QED) is 0.643. The van der Waals surface area contributed by atoms with Gasteiger partial charge in [-0.3, -0.25) is 9.48 Å². The van der Waals surface area contributed by atoms with Gasteiger partial charge in [0, 0.05) is 15.7 Å². The van der Waals surface area contributed by atoms with E-state index in [2.05, 4.69) is 29.2 Å². The molecule has 0 aliphatic heterocycles. The van der Waals surface area contributed by atoms with Crippen LogP contribution in [0.1, 0.15) is 35.8 Å². The van der Waals surface area contributed by atoms with Gasteiger partial charge in [0.25, 0.3) is 5.91 Å². The van der Waals surface area contributed by atoms with Crippen LogP contribution >= 0.6 is 11.8 Å². The van der Waals surface area contributed by atoms with Crippen molar-refractivity contribution in [3.8, 4) is 0 Å². The first kappa shape index (κ1) is 18.2. The fraction of sp³-hybridized carbons (Fsp3) is 0.250. The van der Waals surface area contributed by atoms with Crippen LogP contribution in [0.25, 0.3) is 0 Å². The predicted molar refractivity (Wildman–Crippen MR) is 104 cm³/mol. The van der Waals surface area contributed by atoms with Gasteiger partial charge in [-0.2, -0.15) is 5.10 Å². The van der Waals surface area contributed by atoms with Crippen LogP contribution in [0.2, 0.25) is 0 Å². The van der Waals surface area contributed by atoms with E-state index in [1.807, 2.05) is 54.6 Å². The second kappa shape index (κ2) is 8.67. The first-order valence-electron chi connectivity index (χ1n) is 8.57. The van der Waals surface area contributed by atoms with Crippen molar-refractivity contribution in [1.29, 1.82) is 0 Å². The molecular formula is C20H22N4OS. The minimum atomic E-state index is -0.185. The number of aromatic nitrogens is 3. The highest BCUT2D eigenvalue weighted by Gasteiger charge is 2.17. The number of hydrogen-bond acceptors (Lipinski definition) is 4. The van der Waals surface area contributed by atoms with Gasteiger partial charge in [0.15, 0.2) is 0 Å². The molecule has 2 aromatic carbocycles. The fourth-order valence-corrected chi connectivity index (χ4v) is 3.47. The van der Waals surface area contributed by atoms with Gasteiger partial charge >= 0.3 is 0 Å². The lowest BCUT2D eigenvalue weighted by molar-refractivity contribution is 0.0931. The summed E-state index contributed by atoms with van der Waals surface area (Å²) in [7, 11) is 0. The number of amides is 1. The zero-order chi connectivity index (χ0) is 18.4. The molecule has 0 aliphatic carbocycles. The van der Waals surface area contributed by atoms with E-state index in [0.29, 0.717) is 17.4 Å². The van der Waals surface area contributed by atoms with E-state index in [9.17, 15) is 4.79 Å². The number of carbonyl (C=O) groups excluding carboxylic acids is 1. The lowest BCUT2D eigenvalue weighted by Crippen LogP contribution is -2.31. The van der Waals surface area contributed by atoms with Crippen molar-refractivity contribution in [2.75, 3.05) is 0 Å². The maximum Gasteiger partial charge on any atom is 0.251 e. The van der Waals surface area contributed by atoms with Crippen LogP contribution < -0.4 is 5.32 Å². The summed E-state index contributed by atoms with van der Waals surface area (Å²) >= 11 is 1.78. The Morgan fingerprint density at radius 1 is 1.12 bits per heavy atom. The van der Waals surface area contributed by atoms with Gasteiger partial charge in [-0.05, 0) is 29.8 Å². The Balaban J connectivity index is 1.74. The molecule has 1 atom stereocenters. The van der Waals surface area contributed by atoms with Gasteiger partial charge in [0.1, 0.15) is 12.7 Å². The summed E-state index contributed by atoms with van der Waals surface area (Å²) in [5, 5.41) is 7.78. The minimum absolute atomic E-state index is 0.0972. The molecule has 134 valence electrons. The lowest BCUT2D eigenvalue weighted by atomic mass is 10.1. The Labute approximate surface area is 157 Å². The molecular weight excluding hydrogens is 344 g/mol. The third kappa shape index (κ3) is 4.95. The van der Waals surface area contributed by atoms with Crippen molar-refractivity contribution in [3.05, 3.63) is 78.4 Å². The number of nitrogens with zero attached hydrogens (tertiary/aromatic N) is 3. The number of carbonyl (C=O) groups is 1. The smallest absolute Gasteiger partial charge is 0.251 e. The second-order valence-corrected chi connectivity index (χ2v) is 7.90. The Bertz CT molecular complexity index is 817. The Morgan fingerprint density at radius 2 is 1.85 bits per heavy atom. The highest BCUT2D eigenvalue weighted by Crippen LogP contribution is 2.23. The molecule has 0 spiro atoms. The molecule has 5 nitrogen and oxygen atoms in total. The molecule has 1 heterocycles. The molecule has 1 unspecified atom stereocenters. The summed E-state index contributed by atoms with van der Waals surface area (Å²) in [6.07, 6.45) is 3.15. The number of nitrogens with one attached hydrogen (secondary N) is 1. The Kier molecular flexibility index (Phi) is 6.07. The van der Waals surface area contributed by atoms with Gasteiger partial charge in [0.2, 0.25) is 0 Å². The van der Waals surface area contributed by atoms with Crippen molar-refractivity contribution in [1.82, 2.24) is 20.1 Å². The van der Waals surface area contributed by atoms with Crippen LogP contribution in [0, 0.1) is 0 Å². The molecule has 1 N–H and O–H groups in total. The molecule has 1 amide bonds. The molecule has 1 aromatic heterocycles. The highest BCUT2D eigenvalue weighted by atomic mass is 32.2. The van der Waals surface area contributed by atoms with Crippen molar-refractivity contribution in [2.24, 2.45) is 0 Å². The van der Waals surface area contributed by atoms with Crippen LogP contribution in [-0.2, 0) is 6.54 Å². The average molecular weight is 366 g/mol. The van der Waals surface area contributed by atoms with Crippen LogP contribution in [0.5, 0.6) is 0 Å². The third-order valence-electron chi connectivity index (χ3n) is 3.83. The van der Waals surface area contributed by atoms with Gasteiger partial charge in [-0.25, -0.2) is 4.98 Å². The molecule has 6 heteroatoms. The molecule has 0 radical (unpaired) electrons. The largest absolute Gasteiger partial charge is 0.343 e. The van der Waals surface area contributed by atoms with Crippen molar-refractivity contribution in [2.45, 2.75) is 36.6 Å². The SMILES string of the molecule is CC(C)Sc1ccc(C(=O)NC(Cn2cncn2)c2ccccc2)cc1. The summed E-state index contributed by atoms with van der Waals surface area (Å²) < 4.78 is 1.72. The maximum absolute atomic E-state index is 12.7. The summed E-state index contributed by atoms with van der Waals surface area (Å²) in [5.41, 5.74) is 1.68. The van der Waals surface area contributed by atoms with E-state index in [0.717, 1.165) is 5.56 Å². The summed E-state index contributed by atoms with van der Waals surface area (Å²) in [4.78, 5) is 17.9. The zero-order valence-electron chi connectivity index (χ0n) is 14.9. The van der Waals surface area contributed by atoms with Crippen molar-refractivity contribution < 1.29 is 4.79 Å². The van der Waals surface area contributed by atoms with E-state index in [-0.39, 0.29) is 11.9 Å². The topological polar surface area (TPSA) is 59.8 Å². The first-order valence-corrected chi connectivity index (χ1v) is 9.44. The predicted octanol–water partition coefficient (Wildman–Crippen LogP) is 3.95. The average Bonchev–Trinajstić information content (AvgIpc) is 3.15.